The molecule has 124 valence electrons. The Balaban J connectivity index is 1.76. The number of likely N-dealkylation sites (tertiary alicyclic amines) is 1. The van der Waals surface area contributed by atoms with Crippen molar-refractivity contribution in [3.63, 3.8) is 0 Å². The topological polar surface area (TPSA) is 73.5 Å². The van der Waals surface area contributed by atoms with E-state index in [0.717, 1.165) is 11.3 Å². The van der Waals surface area contributed by atoms with Crippen LogP contribution in [0.2, 0.25) is 0 Å². The van der Waals surface area contributed by atoms with Gasteiger partial charge in [-0.25, -0.2) is 0 Å². The van der Waals surface area contributed by atoms with E-state index in [2.05, 4.69) is 4.98 Å². The molecule has 3 rings (SSSR count). The van der Waals surface area contributed by atoms with Crippen molar-refractivity contribution < 1.29 is 14.4 Å². The second-order valence-corrected chi connectivity index (χ2v) is 5.96. The molecule has 0 bridgehead atoms. The van der Waals surface area contributed by atoms with E-state index in [4.69, 9.17) is 0 Å². The number of aromatic nitrogens is 1. The average molecular weight is 325 g/mol. The summed E-state index contributed by atoms with van der Waals surface area (Å²) in [6, 6.07) is 10.3. The van der Waals surface area contributed by atoms with Crippen molar-refractivity contribution in [3.05, 3.63) is 59.4 Å². The van der Waals surface area contributed by atoms with Crippen LogP contribution < -0.4 is 0 Å². The van der Waals surface area contributed by atoms with E-state index >= 15 is 0 Å². The second-order valence-electron chi connectivity index (χ2n) is 5.96. The number of nitrogens with one attached hydrogen (secondary N) is 1. The van der Waals surface area contributed by atoms with Crippen LogP contribution in [-0.4, -0.2) is 45.6 Å². The van der Waals surface area contributed by atoms with E-state index in [0.29, 0.717) is 5.56 Å². The summed E-state index contributed by atoms with van der Waals surface area (Å²) in [6.45, 7) is 2.03. The van der Waals surface area contributed by atoms with Crippen molar-refractivity contribution in [3.8, 4) is 0 Å². The van der Waals surface area contributed by atoms with Crippen LogP contribution in [0.15, 0.2) is 42.6 Å². The third-order valence-electron chi connectivity index (χ3n) is 4.38. The number of amides is 3. The third kappa shape index (κ3) is 2.82. The highest BCUT2D eigenvalue weighted by Crippen LogP contribution is 2.22. The lowest BCUT2D eigenvalue weighted by Gasteiger charge is -2.23. The van der Waals surface area contributed by atoms with Crippen molar-refractivity contribution >= 4 is 17.7 Å². The Kier molecular flexibility index (Phi) is 4.20. The molecule has 0 aliphatic carbocycles. The fourth-order valence-corrected chi connectivity index (χ4v) is 2.92. The van der Waals surface area contributed by atoms with Gasteiger partial charge in [0.1, 0.15) is 6.04 Å². The largest absolute Gasteiger partial charge is 0.365 e. The fourth-order valence-electron chi connectivity index (χ4n) is 2.92. The maximum Gasteiger partial charge on any atom is 0.256 e. The minimum atomic E-state index is -0.747. The SMILES string of the molecule is Cc1[nH]ccc1C(=O)N(C)C1CC(=O)N(Cc2ccccc2)C1=O. The zero-order valence-electron chi connectivity index (χ0n) is 13.7. The van der Waals surface area contributed by atoms with Gasteiger partial charge in [0.2, 0.25) is 5.91 Å². The summed E-state index contributed by atoms with van der Waals surface area (Å²) in [7, 11) is 1.57. The lowest BCUT2D eigenvalue weighted by Crippen LogP contribution is -2.43. The zero-order valence-corrected chi connectivity index (χ0v) is 13.7. The van der Waals surface area contributed by atoms with Crippen LogP contribution in [0.4, 0.5) is 0 Å². The number of aromatic amines is 1. The summed E-state index contributed by atoms with van der Waals surface area (Å²) in [6.07, 6.45) is 1.71. The van der Waals surface area contributed by atoms with E-state index in [1.807, 2.05) is 30.3 Å². The number of carbonyl (C=O) groups is 3. The van der Waals surface area contributed by atoms with Gasteiger partial charge in [-0.05, 0) is 18.6 Å². The van der Waals surface area contributed by atoms with Crippen molar-refractivity contribution in [1.82, 2.24) is 14.8 Å². The number of benzene rings is 1. The number of rotatable bonds is 4. The number of aryl methyl sites for hydroxylation is 1. The summed E-state index contributed by atoms with van der Waals surface area (Å²) in [5.74, 6) is -0.839. The Morgan fingerprint density at radius 1 is 1.25 bits per heavy atom. The first-order valence-electron chi connectivity index (χ1n) is 7.78. The van der Waals surface area contributed by atoms with Gasteiger partial charge in [-0.3, -0.25) is 19.3 Å². The number of nitrogens with zero attached hydrogens (tertiary/aromatic N) is 2. The van der Waals surface area contributed by atoms with Gasteiger partial charge in [0, 0.05) is 18.9 Å². The van der Waals surface area contributed by atoms with Crippen LogP contribution in [0.3, 0.4) is 0 Å². The number of hydrogen-bond acceptors (Lipinski definition) is 3. The first-order chi connectivity index (χ1) is 11.5. The maximum absolute atomic E-state index is 12.6. The summed E-state index contributed by atoms with van der Waals surface area (Å²) < 4.78 is 0. The number of imide groups is 1. The Bertz CT molecular complexity index is 782. The summed E-state index contributed by atoms with van der Waals surface area (Å²) in [5.41, 5.74) is 2.14. The molecule has 1 fully saturated rings. The molecule has 1 aromatic carbocycles. The minimum absolute atomic E-state index is 0.0252. The van der Waals surface area contributed by atoms with Crippen LogP contribution in [0.1, 0.15) is 28.0 Å². The zero-order chi connectivity index (χ0) is 17.3. The summed E-state index contributed by atoms with van der Waals surface area (Å²) in [4.78, 5) is 43.0. The van der Waals surface area contributed by atoms with Gasteiger partial charge in [-0.2, -0.15) is 0 Å². The molecule has 1 aromatic heterocycles. The van der Waals surface area contributed by atoms with Crippen molar-refractivity contribution in [2.45, 2.75) is 25.9 Å². The standard InChI is InChI=1S/C18H19N3O3/c1-12-14(8-9-19-12)17(23)20(2)15-10-16(22)21(18(15)24)11-13-6-4-3-5-7-13/h3-9,15,19H,10-11H2,1-2H3. The molecule has 1 saturated heterocycles. The number of carbonyl (C=O) groups excluding carboxylic acids is 3. The molecule has 3 amide bonds. The first kappa shape index (κ1) is 16.0. The Hall–Kier alpha value is -2.89. The molecule has 1 aliphatic rings. The van der Waals surface area contributed by atoms with Crippen LogP contribution in [0, 0.1) is 6.92 Å². The second kappa shape index (κ2) is 6.31. The van der Waals surface area contributed by atoms with Gasteiger partial charge in [-0.1, -0.05) is 30.3 Å². The molecular weight excluding hydrogens is 306 g/mol. The normalized spacial score (nSPS) is 17.4. The first-order valence-corrected chi connectivity index (χ1v) is 7.78. The van der Waals surface area contributed by atoms with Crippen molar-refractivity contribution in [1.29, 1.82) is 0 Å². The Morgan fingerprint density at radius 3 is 2.58 bits per heavy atom. The molecule has 1 atom stereocenters. The van der Waals surface area contributed by atoms with Gasteiger partial charge >= 0.3 is 0 Å². The molecule has 1 aliphatic heterocycles. The van der Waals surface area contributed by atoms with Crippen LogP contribution >= 0.6 is 0 Å². The molecule has 0 spiro atoms. The number of likely N-dealkylation sites (N-methyl/N-ethyl adjacent to an activating group) is 1. The van der Waals surface area contributed by atoms with Gasteiger partial charge in [-0.15, -0.1) is 0 Å². The molecule has 6 heteroatoms. The highest BCUT2D eigenvalue weighted by atomic mass is 16.2. The third-order valence-corrected chi connectivity index (χ3v) is 4.38. The fraction of sp³-hybridized carbons (Fsp3) is 0.278. The van der Waals surface area contributed by atoms with E-state index in [-0.39, 0.29) is 30.7 Å². The predicted octanol–water partition coefficient (Wildman–Crippen LogP) is 1.72. The number of H-pyrrole nitrogens is 1. The van der Waals surface area contributed by atoms with Gasteiger partial charge in [0.25, 0.3) is 11.8 Å². The van der Waals surface area contributed by atoms with Crippen LogP contribution in [0.25, 0.3) is 0 Å². The average Bonchev–Trinajstić information content (AvgIpc) is 3.13. The molecule has 6 nitrogen and oxygen atoms in total. The van der Waals surface area contributed by atoms with E-state index in [9.17, 15) is 14.4 Å². The highest BCUT2D eigenvalue weighted by molar-refractivity contribution is 6.08. The maximum atomic E-state index is 12.6. The Labute approximate surface area is 140 Å². The molecule has 0 radical (unpaired) electrons. The number of hydrogen-bond donors (Lipinski definition) is 1. The molecule has 24 heavy (non-hydrogen) atoms. The lowest BCUT2D eigenvalue weighted by molar-refractivity contribution is -0.140. The van der Waals surface area contributed by atoms with Gasteiger partial charge in [0.15, 0.2) is 0 Å². The van der Waals surface area contributed by atoms with Gasteiger partial charge in [0.05, 0.1) is 18.5 Å². The molecule has 1 unspecified atom stereocenters. The quantitative estimate of drug-likeness (QED) is 0.870. The van der Waals surface area contributed by atoms with Crippen LogP contribution in [0.5, 0.6) is 0 Å². The van der Waals surface area contributed by atoms with Crippen molar-refractivity contribution in [2.75, 3.05) is 7.05 Å². The monoisotopic (exact) mass is 325 g/mol. The van der Waals surface area contributed by atoms with Crippen LogP contribution in [-0.2, 0) is 16.1 Å². The Morgan fingerprint density at radius 2 is 1.96 bits per heavy atom. The summed E-state index contributed by atoms with van der Waals surface area (Å²) >= 11 is 0. The minimum Gasteiger partial charge on any atom is -0.365 e. The van der Waals surface area contributed by atoms with Gasteiger partial charge < -0.3 is 9.88 Å². The molecule has 2 aromatic rings. The van der Waals surface area contributed by atoms with E-state index in [1.54, 1.807) is 26.2 Å². The predicted molar refractivity (Wildman–Crippen MR) is 88.0 cm³/mol. The van der Waals surface area contributed by atoms with Crippen molar-refractivity contribution in [2.24, 2.45) is 0 Å². The van der Waals surface area contributed by atoms with E-state index < -0.39 is 6.04 Å². The molecule has 1 N–H and O–H groups in total. The molecule has 0 saturated carbocycles. The lowest BCUT2D eigenvalue weighted by atomic mass is 10.1. The van der Waals surface area contributed by atoms with E-state index in [1.165, 1.54) is 9.80 Å². The summed E-state index contributed by atoms with van der Waals surface area (Å²) in [5, 5.41) is 0. The highest BCUT2D eigenvalue weighted by Gasteiger charge is 2.42. The smallest absolute Gasteiger partial charge is 0.256 e. The molecular formula is C18H19N3O3. The molecule has 2 heterocycles.